The van der Waals surface area contributed by atoms with Crippen LogP contribution >= 0.6 is 0 Å². The molecule has 11 rings (SSSR count). The number of hydrogen-bond acceptors (Lipinski definition) is 1. The van der Waals surface area contributed by atoms with Gasteiger partial charge >= 0.3 is 0 Å². The van der Waals surface area contributed by atoms with Crippen LogP contribution in [0.2, 0.25) is 0 Å². The zero-order chi connectivity index (χ0) is 35.0. The molecule has 0 aliphatic heterocycles. The van der Waals surface area contributed by atoms with Crippen LogP contribution in [0, 0.1) is 11.3 Å². The third-order valence-electron chi connectivity index (χ3n) is 10.9. The number of fused-ring (bicyclic) bond motifs is 9. The molecule has 0 amide bonds. The lowest BCUT2D eigenvalue weighted by atomic mass is 9.98. The smallest absolute Gasteiger partial charge is 0.0992 e. The lowest BCUT2D eigenvalue weighted by Gasteiger charge is -2.17. The lowest BCUT2D eigenvalue weighted by molar-refractivity contribution is 1.09. The number of rotatable bonds is 4. The number of benzene rings is 8. The second-order valence-corrected chi connectivity index (χ2v) is 13.7. The molecular weight excluding hydrogens is 645 g/mol. The fourth-order valence-electron chi connectivity index (χ4n) is 8.66. The maximum absolute atomic E-state index is 10.2. The first-order valence-corrected chi connectivity index (χ1v) is 17.9. The van der Waals surface area contributed by atoms with Crippen LogP contribution in [-0.2, 0) is 0 Å². The molecule has 11 aromatic rings. The number of nitriles is 1. The minimum Gasteiger partial charge on any atom is -0.309 e. The molecule has 0 radical (unpaired) electrons. The highest BCUT2D eigenvalue weighted by Gasteiger charge is 2.22. The Hall–Kier alpha value is -7.35. The van der Waals surface area contributed by atoms with Crippen molar-refractivity contribution in [3.05, 3.63) is 188 Å². The molecule has 246 valence electrons. The van der Waals surface area contributed by atoms with Crippen molar-refractivity contribution in [2.75, 3.05) is 0 Å². The average molecular weight is 675 g/mol. The standard InChI is InChI=1S/C49H30N4/c50-31-32-25-27-46(48(29-32)52-42-21-9-4-15-36(42)37-16-5-10-22-43(37)52)53-44-23-11-7-18-39(44)49-35(19-12-24-47(49)53)33-26-28-45-40(30-33)38-17-6-8-20-41(38)51(45)34-13-2-1-3-14-34/h1-30H. The Labute approximate surface area is 305 Å². The predicted octanol–water partition coefficient (Wildman–Crippen LogP) is 12.5. The molecule has 0 saturated heterocycles. The Morgan fingerprint density at radius 3 is 1.57 bits per heavy atom. The molecule has 4 heteroatoms. The molecule has 0 saturated carbocycles. The van der Waals surface area contributed by atoms with Gasteiger partial charge in [-0.15, -0.1) is 0 Å². The Morgan fingerprint density at radius 1 is 0.358 bits per heavy atom. The van der Waals surface area contributed by atoms with Crippen molar-refractivity contribution in [2.45, 2.75) is 0 Å². The van der Waals surface area contributed by atoms with Gasteiger partial charge in [-0.2, -0.15) is 5.26 Å². The van der Waals surface area contributed by atoms with E-state index in [-0.39, 0.29) is 0 Å². The van der Waals surface area contributed by atoms with Crippen LogP contribution in [0.4, 0.5) is 0 Å². The Kier molecular flexibility index (Phi) is 6.28. The van der Waals surface area contributed by atoms with E-state index >= 15 is 0 Å². The minimum absolute atomic E-state index is 0.620. The van der Waals surface area contributed by atoms with Gasteiger partial charge in [-0.3, -0.25) is 0 Å². The molecule has 0 aliphatic rings. The highest BCUT2D eigenvalue weighted by Crippen LogP contribution is 2.43. The van der Waals surface area contributed by atoms with Crippen molar-refractivity contribution in [3.8, 4) is 34.3 Å². The average Bonchev–Trinajstić information content (AvgIpc) is 3.86. The fourth-order valence-corrected chi connectivity index (χ4v) is 8.66. The van der Waals surface area contributed by atoms with E-state index in [0.717, 1.165) is 39.1 Å². The quantitative estimate of drug-likeness (QED) is 0.183. The Morgan fingerprint density at radius 2 is 0.887 bits per heavy atom. The third-order valence-corrected chi connectivity index (χ3v) is 10.9. The molecule has 0 atom stereocenters. The van der Waals surface area contributed by atoms with Crippen molar-refractivity contribution in [1.29, 1.82) is 5.26 Å². The van der Waals surface area contributed by atoms with E-state index < -0.39 is 0 Å². The second-order valence-electron chi connectivity index (χ2n) is 13.7. The van der Waals surface area contributed by atoms with Gasteiger partial charge in [0, 0.05) is 38.0 Å². The number of hydrogen-bond donors (Lipinski definition) is 0. The molecule has 0 N–H and O–H groups in total. The predicted molar refractivity (Wildman–Crippen MR) is 220 cm³/mol. The van der Waals surface area contributed by atoms with E-state index in [0.29, 0.717) is 5.56 Å². The molecule has 0 aliphatic carbocycles. The highest BCUT2D eigenvalue weighted by molar-refractivity contribution is 6.18. The van der Waals surface area contributed by atoms with E-state index in [1.807, 2.05) is 12.1 Å². The summed E-state index contributed by atoms with van der Waals surface area (Å²) >= 11 is 0. The fraction of sp³-hybridized carbons (Fsp3) is 0. The van der Waals surface area contributed by atoms with E-state index in [2.05, 4.69) is 190 Å². The highest BCUT2D eigenvalue weighted by atomic mass is 15.1. The molecule has 3 aromatic heterocycles. The summed E-state index contributed by atoms with van der Waals surface area (Å²) in [6, 6.07) is 67.1. The molecule has 0 unspecified atom stereocenters. The van der Waals surface area contributed by atoms with Crippen LogP contribution in [-0.4, -0.2) is 13.7 Å². The van der Waals surface area contributed by atoms with Crippen LogP contribution in [0.5, 0.6) is 0 Å². The monoisotopic (exact) mass is 674 g/mol. The van der Waals surface area contributed by atoms with Gasteiger partial charge in [-0.25, -0.2) is 0 Å². The van der Waals surface area contributed by atoms with Crippen LogP contribution in [0.1, 0.15) is 5.56 Å². The van der Waals surface area contributed by atoms with Gasteiger partial charge < -0.3 is 13.7 Å². The minimum atomic E-state index is 0.620. The maximum Gasteiger partial charge on any atom is 0.0992 e. The molecular formula is C49H30N4. The summed E-state index contributed by atoms with van der Waals surface area (Å²) < 4.78 is 7.07. The van der Waals surface area contributed by atoms with Gasteiger partial charge in [0.05, 0.1) is 56.1 Å². The summed E-state index contributed by atoms with van der Waals surface area (Å²) in [5, 5.41) is 17.4. The van der Waals surface area contributed by atoms with Crippen LogP contribution in [0.25, 0.3) is 93.6 Å². The van der Waals surface area contributed by atoms with Crippen molar-refractivity contribution >= 4 is 65.4 Å². The number of para-hydroxylation sites is 5. The summed E-state index contributed by atoms with van der Waals surface area (Å²) in [4.78, 5) is 0. The summed E-state index contributed by atoms with van der Waals surface area (Å²) in [7, 11) is 0. The van der Waals surface area contributed by atoms with E-state index in [4.69, 9.17) is 0 Å². The first-order chi connectivity index (χ1) is 26.3. The first-order valence-electron chi connectivity index (χ1n) is 17.9. The van der Waals surface area contributed by atoms with Gasteiger partial charge in [-0.05, 0) is 83.9 Å². The largest absolute Gasteiger partial charge is 0.309 e. The molecule has 0 spiro atoms. The zero-order valence-electron chi connectivity index (χ0n) is 28.6. The van der Waals surface area contributed by atoms with Crippen molar-refractivity contribution in [1.82, 2.24) is 13.7 Å². The van der Waals surface area contributed by atoms with Crippen molar-refractivity contribution in [2.24, 2.45) is 0 Å². The number of nitrogens with zero attached hydrogens (tertiary/aromatic N) is 4. The molecule has 0 bridgehead atoms. The van der Waals surface area contributed by atoms with E-state index in [9.17, 15) is 5.26 Å². The van der Waals surface area contributed by atoms with E-state index in [1.165, 1.54) is 54.5 Å². The van der Waals surface area contributed by atoms with E-state index in [1.54, 1.807) is 0 Å². The lowest BCUT2D eigenvalue weighted by Crippen LogP contribution is -2.04. The molecule has 4 nitrogen and oxygen atoms in total. The van der Waals surface area contributed by atoms with Gasteiger partial charge in [0.25, 0.3) is 0 Å². The number of aromatic nitrogens is 3. The summed E-state index contributed by atoms with van der Waals surface area (Å²) in [5.41, 5.74) is 12.9. The summed E-state index contributed by atoms with van der Waals surface area (Å²) in [6.45, 7) is 0. The summed E-state index contributed by atoms with van der Waals surface area (Å²) in [5.74, 6) is 0. The van der Waals surface area contributed by atoms with Crippen molar-refractivity contribution in [3.63, 3.8) is 0 Å². The summed E-state index contributed by atoms with van der Waals surface area (Å²) in [6.07, 6.45) is 0. The third kappa shape index (κ3) is 4.22. The maximum atomic E-state index is 10.2. The van der Waals surface area contributed by atoms with Crippen LogP contribution < -0.4 is 0 Å². The Bertz CT molecular complexity index is 3240. The molecule has 0 fully saturated rings. The first kappa shape index (κ1) is 29.4. The van der Waals surface area contributed by atoms with Crippen molar-refractivity contribution < 1.29 is 0 Å². The van der Waals surface area contributed by atoms with Gasteiger partial charge in [0.15, 0.2) is 0 Å². The van der Waals surface area contributed by atoms with Gasteiger partial charge in [-0.1, -0.05) is 109 Å². The normalized spacial score (nSPS) is 11.8. The Balaban J connectivity index is 1.20. The second kappa shape index (κ2) is 11.3. The van der Waals surface area contributed by atoms with Crippen LogP contribution in [0.3, 0.4) is 0 Å². The SMILES string of the molecule is N#Cc1ccc(-n2c3ccccc3c3c(-c4ccc5c(c4)c4ccccc4n5-c4ccccc4)cccc32)c(-n2c3ccccc3c3ccccc32)c1. The van der Waals surface area contributed by atoms with Crippen LogP contribution in [0.15, 0.2) is 182 Å². The van der Waals surface area contributed by atoms with Gasteiger partial charge in [0.2, 0.25) is 0 Å². The molecule has 53 heavy (non-hydrogen) atoms. The molecule has 3 heterocycles. The zero-order valence-corrected chi connectivity index (χ0v) is 28.6. The topological polar surface area (TPSA) is 38.6 Å². The molecule has 8 aromatic carbocycles. The van der Waals surface area contributed by atoms with Gasteiger partial charge in [0.1, 0.15) is 0 Å².